The van der Waals surface area contributed by atoms with Crippen LogP contribution in [0.15, 0.2) is 47.6 Å². The number of carbonyl (C=O) groups is 2. The zero-order valence-corrected chi connectivity index (χ0v) is 13.0. The van der Waals surface area contributed by atoms with E-state index in [2.05, 4.69) is 15.8 Å². The summed E-state index contributed by atoms with van der Waals surface area (Å²) in [5.41, 5.74) is 3.14. The molecule has 0 spiro atoms. The molecule has 1 heterocycles. The van der Waals surface area contributed by atoms with Crippen molar-refractivity contribution in [1.29, 1.82) is 0 Å². The number of nitrogens with one attached hydrogen (secondary N) is 2. The van der Waals surface area contributed by atoms with Gasteiger partial charge in [0.25, 0.3) is 0 Å². The first-order valence-electron chi connectivity index (χ1n) is 6.87. The van der Waals surface area contributed by atoms with Crippen LogP contribution in [0.25, 0.3) is 0 Å². The second-order valence-corrected chi connectivity index (χ2v) is 5.98. The maximum atomic E-state index is 11.7. The molecule has 6 heteroatoms. The molecule has 0 aliphatic heterocycles. The third-order valence-corrected chi connectivity index (χ3v) is 3.71. The standard InChI is InChI=1S/C16H17N3O2S/c1-12-7-8-14(22-12)11-17-19-16(21)10-9-15(20)18-13-5-3-2-4-6-13/h2-8,11H,9-10H2,1H3,(H,18,20)(H,19,21)/b17-11-. The minimum absolute atomic E-state index is 0.0967. The van der Waals surface area contributed by atoms with Gasteiger partial charge in [-0.3, -0.25) is 9.59 Å². The van der Waals surface area contributed by atoms with Crippen LogP contribution in [0.3, 0.4) is 0 Å². The lowest BCUT2D eigenvalue weighted by Gasteiger charge is -2.04. The van der Waals surface area contributed by atoms with E-state index in [1.807, 2.05) is 37.3 Å². The van der Waals surface area contributed by atoms with Gasteiger partial charge in [-0.15, -0.1) is 11.3 Å². The number of thiophene rings is 1. The molecule has 2 N–H and O–H groups in total. The average molecular weight is 315 g/mol. The molecule has 2 amide bonds. The Morgan fingerprint density at radius 2 is 1.82 bits per heavy atom. The fraction of sp³-hybridized carbons (Fsp3) is 0.188. The largest absolute Gasteiger partial charge is 0.326 e. The molecule has 0 fully saturated rings. The van der Waals surface area contributed by atoms with E-state index in [-0.39, 0.29) is 24.7 Å². The van der Waals surface area contributed by atoms with Crippen LogP contribution in [-0.4, -0.2) is 18.0 Å². The van der Waals surface area contributed by atoms with Gasteiger partial charge in [-0.2, -0.15) is 5.10 Å². The van der Waals surface area contributed by atoms with E-state index in [1.165, 1.54) is 4.88 Å². The third-order valence-electron chi connectivity index (χ3n) is 2.78. The van der Waals surface area contributed by atoms with E-state index in [1.54, 1.807) is 29.7 Å². The van der Waals surface area contributed by atoms with Gasteiger partial charge in [0.2, 0.25) is 11.8 Å². The number of anilines is 1. The quantitative estimate of drug-likeness (QED) is 0.635. The van der Waals surface area contributed by atoms with Crippen molar-refractivity contribution in [2.75, 3.05) is 5.32 Å². The monoisotopic (exact) mass is 315 g/mol. The lowest BCUT2D eigenvalue weighted by atomic mass is 10.2. The molecule has 0 radical (unpaired) electrons. The second-order valence-electron chi connectivity index (χ2n) is 4.66. The minimum atomic E-state index is -0.285. The highest BCUT2D eigenvalue weighted by Gasteiger charge is 2.06. The van der Waals surface area contributed by atoms with Crippen LogP contribution in [0.2, 0.25) is 0 Å². The number of amides is 2. The summed E-state index contributed by atoms with van der Waals surface area (Å²) in [5.74, 6) is -0.480. The Bertz CT molecular complexity index is 665. The summed E-state index contributed by atoms with van der Waals surface area (Å²) in [5, 5.41) is 6.60. The van der Waals surface area contributed by atoms with Crippen molar-refractivity contribution in [3.8, 4) is 0 Å². The molecule has 0 aliphatic carbocycles. The van der Waals surface area contributed by atoms with Gasteiger partial charge in [0.05, 0.1) is 6.21 Å². The normalized spacial score (nSPS) is 10.6. The van der Waals surface area contributed by atoms with Crippen LogP contribution >= 0.6 is 11.3 Å². The molecular formula is C16H17N3O2S. The number of para-hydroxylation sites is 1. The van der Waals surface area contributed by atoms with Gasteiger partial charge >= 0.3 is 0 Å². The summed E-state index contributed by atoms with van der Waals surface area (Å²) >= 11 is 1.59. The maximum Gasteiger partial charge on any atom is 0.240 e. The predicted octanol–water partition coefficient (Wildman–Crippen LogP) is 2.93. The molecule has 22 heavy (non-hydrogen) atoms. The van der Waals surface area contributed by atoms with Crippen LogP contribution in [0.4, 0.5) is 5.69 Å². The first-order chi connectivity index (χ1) is 10.6. The van der Waals surface area contributed by atoms with E-state index >= 15 is 0 Å². The average Bonchev–Trinajstić information content (AvgIpc) is 2.92. The Kier molecular flexibility index (Phi) is 5.85. The summed E-state index contributed by atoms with van der Waals surface area (Å²) in [6.07, 6.45) is 1.81. The first kappa shape index (κ1) is 15.9. The van der Waals surface area contributed by atoms with E-state index < -0.39 is 0 Å². The second kappa shape index (κ2) is 8.09. The van der Waals surface area contributed by atoms with Crippen LogP contribution in [-0.2, 0) is 9.59 Å². The van der Waals surface area contributed by atoms with Crippen LogP contribution in [0.5, 0.6) is 0 Å². The highest BCUT2D eigenvalue weighted by Crippen LogP contribution is 2.12. The fourth-order valence-electron chi connectivity index (χ4n) is 1.72. The summed E-state index contributed by atoms with van der Waals surface area (Å²) in [7, 11) is 0. The van der Waals surface area contributed by atoms with Crippen LogP contribution in [0, 0.1) is 6.92 Å². The van der Waals surface area contributed by atoms with Crippen LogP contribution < -0.4 is 10.7 Å². The van der Waals surface area contributed by atoms with Crippen molar-refractivity contribution in [1.82, 2.24) is 5.43 Å². The molecule has 0 aliphatic rings. The predicted molar refractivity (Wildman–Crippen MR) is 89.1 cm³/mol. The number of carbonyl (C=O) groups excluding carboxylic acids is 2. The Morgan fingerprint density at radius 1 is 1.09 bits per heavy atom. The molecule has 0 saturated carbocycles. The summed E-state index contributed by atoms with van der Waals surface area (Å²) in [6.45, 7) is 2.01. The zero-order valence-electron chi connectivity index (χ0n) is 12.2. The van der Waals surface area contributed by atoms with E-state index in [0.29, 0.717) is 0 Å². The molecule has 5 nitrogen and oxygen atoms in total. The molecule has 2 aromatic rings. The molecular weight excluding hydrogens is 298 g/mol. The molecule has 0 atom stereocenters. The van der Waals surface area contributed by atoms with Crippen molar-refractivity contribution in [2.24, 2.45) is 5.10 Å². The number of benzene rings is 1. The Labute approximate surface area is 133 Å². The number of hydrogen-bond donors (Lipinski definition) is 2. The van der Waals surface area contributed by atoms with Gasteiger partial charge < -0.3 is 5.32 Å². The summed E-state index contributed by atoms with van der Waals surface area (Å²) in [4.78, 5) is 25.4. The van der Waals surface area contributed by atoms with Gasteiger partial charge in [0.1, 0.15) is 0 Å². The van der Waals surface area contributed by atoms with E-state index in [0.717, 1.165) is 10.6 Å². The Hall–Kier alpha value is -2.47. The molecule has 1 aromatic carbocycles. The molecule has 2 rings (SSSR count). The SMILES string of the molecule is Cc1ccc(/C=N\NC(=O)CCC(=O)Nc2ccccc2)s1. The van der Waals surface area contributed by atoms with Gasteiger partial charge in [-0.1, -0.05) is 18.2 Å². The number of hydrazone groups is 1. The highest BCUT2D eigenvalue weighted by molar-refractivity contribution is 7.13. The van der Waals surface area contributed by atoms with Gasteiger partial charge in [0.15, 0.2) is 0 Å². The Morgan fingerprint density at radius 3 is 2.50 bits per heavy atom. The molecule has 0 unspecified atom stereocenters. The van der Waals surface area contributed by atoms with Crippen molar-refractivity contribution < 1.29 is 9.59 Å². The number of aryl methyl sites for hydroxylation is 1. The lowest BCUT2D eigenvalue weighted by molar-refractivity contribution is -0.124. The van der Waals surface area contributed by atoms with Crippen molar-refractivity contribution in [3.05, 3.63) is 52.2 Å². The van der Waals surface area contributed by atoms with Crippen LogP contribution in [0.1, 0.15) is 22.6 Å². The summed E-state index contributed by atoms with van der Waals surface area (Å²) in [6, 6.07) is 13.1. The van der Waals surface area contributed by atoms with Gasteiger partial charge in [-0.25, -0.2) is 5.43 Å². The van der Waals surface area contributed by atoms with Crippen molar-refractivity contribution in [2.45, 2.75) is 19.8 Å². The number of rotatable bonds is 6. The highest BCUT2D eigenvalue weighted by atomic mass is 32.1. The molecule has 0 bridgehead atoms. The first-order valence-corrected chi connectivity index (χ1v) is 7.68. The van der Waals surface area contributed by atoms with Gasteiger partial charge in [0, 0.05) is 28.3 Å². The topological polar surface area (TPSA) is 70.6 Å². The number of hydrogen-bond acceptors (Lipinski definition) is 4. The zero-order chi connectivity index (χ0) is 15.8. The molecule has 114 valence electrons. The Balaban J connectivity index is 1.69. The summed E-state index contributed by atoms with van der Waals surface area (Å²) < 4.78 is 0. The maximum absolute atomic E-state index is 11.7. The van der Waals surface area contributed by atoms with Gasteiger partial charge in [-0.05, 0) is 31.2 Å². The third kappa shape index (κ3) is 5.49. The fourth-order valence-corrected chi connectivity index (χ4v) is 2.47. The lowest BCUT2D eigenvalue weighted by Crippen LogP contribution is -2.20. The number of nitrogens with zero attached hydrogens (tertiary/aromatic N) is 1. The smallest absolute Gasteiger partial charge is 0.240 e. The van der Waals surface area contributed by atoms with E-state index in [9.17, 15) is 9.59 Å². The molecule has 1 aromatic heterocycles. The molecule has 0 saturated heterocycles. The van der Waals surface area contributed by atoms with Crippen molar-refractivity contribution in [3.63, 3.8) is 0 Å². The van der Waals surface area contributed by atoms with Crippen molar-refractivity contribution >= 4 is 35.1 Å². The minimum Gasteiger partial charge on any atom is -0.326 e. The van der Waals surface area contributed by atoms with E-state index in [4.69, 9.17) is 0 Å².